The van der Waals surface area contributed by atoms with E-state index < -0.39 is 0 Å². The van der Waals surface area contributed by atoms with E-state index in [0.717, 1.165) is 18.0 Å². The van der Waals surface area contributed by atoms with Gasteiger partial charge in [-0.25, -0.2) is 0 Å². The molecule has 0 atom stereocenters. The van der Waals surface area contributed by atoms with Crippen LogP contribution in [0.1, 0.15) is 87.3 Å². The lowest BCUT2D eigenvalue weighted by Crippen LogP contribution is -3.13. The zero-order valence-corrected chi connectivity index (χ0v) is 20.2. The topological polar surface area (TPSA) is 59.3 Å². The quantitative estimate of drug-likeness (QED) is 0.755. The van der Waals surface area contributed by atoms with Gasteiger partial charge >= 0.3 is 0 Å². The smallest absolute Gasteiger partial charge is 0.257 e. The predicted octanol–water partition coefficient (Wildman–Crippen LogP) is 4.00. The van der Waals surface area contributed by atoms with E-state index in [0.29, 0.717) is 10.7 Å². The lowest BCUT2D eigenvalue weighted by atomic mass is 9.79. The Hall–Kier alpha value is -1.79. The lowest BCUT2D eigenvalue weighted by molar-refractivity contribution is -0.904. The fourth-order valence-electron chi connectivity index (χ4n) is 3.78. The number of nitrogens with zero attached hydrogens (tertiary/aromatic N) is 2. The monoisotopic (exact) mass is 429 g/mol. The summed E-state index contributed by atoms with van der Waals surface area (Å²) in [5, 5.41) is 13.1. The molecular weight excluding hydrogens is 392 g/mol. The van der Waals surface area contributed by atoms with Crippen LogP contribution in [0, 0.1) is 0 Å². The second-order valence-electron chi connectivity index (χ2n) is 10.6. The summed E-state index contributed by atoms with van der Waals surface area (Å²) in [7, 11) is 0. The van der Waals surface area contributed by atoms with Crippen LogP contribution in [0.2, 0.25) is 0 Å². The van der Waals surface area contributed by atoms with Gasteiger partial charge in [0.15, 0.2) is 0 Å². The van der Waals surface area contributed by atoms with Crippen molar-refractivity contribution >= 4 is 22.4 Å². The molecule has 1 aromatic heterocycles. The third kappa shape index (κ3) is 6.11. The number of nitrogens with one attached hydrogen (secondary N) is 2. The number of amides is 1. The maximum atomic E-state index is 13.0. The summed E-state index contributed by atoms with van der Waals surface area (Å²) >= 11 is 1.50. The van der Waals surface area contributed by atoms with Crippen molar-refractivity contribution < 1.29 is 9.69 Å². The van der Waals surface area contributed by atoms with Crippen molar-refractivity contribution in [1.29, 1.82) is 0 Å². The van der Waals surface area contributed by atoms with Crippen molar-refractivity contribution in [2.75, 3.05) is 25.0 Å². The van der Waals surface area contributed by atoms with Gasteiger partial charge in [0.25, 0.3) is 5.91 Å². The summed E-state index contributed by atoms with van der Waals surface area (Å²) in [5.41, 5.74) is 2.97. The number of carbonyl (C=O) groups is 1. The second kappa shape index (κ2) is 9.15. The van der Waals surface area contributed by atoms with Crippen molar-refractivity contribution in [3.63, 3.8) is 0 Å². The molecule has 0 bridgehead atoms. The van der Waals surface area contributed by atoms with Crippen LogP contribution in [0.25, 0.3) is 0 Å². The van der Waals surface area contributed by atoms with Gasteiger partial charge in [0, 0.05) is 5.56 Å². The fraction of sp³-hybridized carbons (Fsp3) is 0.625. The van der Waals surface area contributed by atoms with Gasteiger partial charge in [-0.05, 0) is 53.4 Å². The van der Waals surface area contributed by atoms with Crippen molar-refractivity contribution in [3.05, 3.63) is 39.9 Å². The molecule has 0 radical (unpaired) electrons. The molecule has 6 heteroatoms. The van der Waals surface area contributed by atoms with E-state index in [4.69, 9.17) is 0 Å². The third-order valence-electron chi connectivity index (χ3n) is 5.87. The van der Waals surface area contributed by atoms with Gasteiger partial charge in [-0.3, -0.25) is 10.1 Å². The molecule has 0 unspecified atom stereocenters. The van der Waals surface area contributed by atoms with E-state index in [1.807, 2.05) is 12.1 Å². The maximum absolute atomic E-state index is 13.0. The van der Waals surface area contributed by atoms with E-state index in [-0.39, 0.29) is 16.7 Å². The third-order valence-corrected chi connectivity index (χ3v) is 6.77. The Morgan fingerprint density at radius 3 is 2.13 bits per heavy atom. The average molecular weight is 430 g/mol. The molecular formula is C24H37N4OS+. The molecule has 2 N–H and O–H groups in total. The first kappa shape index (κ1) is 22.9. The van der Waals surface area contributed by atoms with Gasteiger partial charge in [-0.2, -0.15) is 0 Å². The van der Waals surface area contributed by atoms with E-state index in [1.54, 1.807) is 4.90 Å². The Bertz CT molecular complexity index is 838. The van der Waals surface area contributed by atoms with Crippen LogP contribution in [0.15, 0.2) is 18.2 Å². The first-order valence-corrected chi connectivity index (χ1v) is 12.0. The van der Waals surface area contributed by atoms with Crippen LogP contribution in [0.4, 0.5) is 5.13 Å². The van der Waals surface area contributed by atoms with Crippen LogP contribution in [-0.2, 0) is 17.3 Å². The van der Waals surface area contributed by atoms with E-state index in [9.17, 15) is 4.79 Å². The van der Waals surface area contributed by atoms with Gasteiger partial charge < -0.3 is 4.90 Å². The normalized spacial score (nSPS) is 15.9. The summed E-state index contributed by atoms with van der Waals surface area (Å²) in [4.78, 5) is 14.7. The Morgan fingerprint density at radius 1 is 0.967 bits per heavy atom. The highest BCUT2D eigenvalue weighted by Gasteiger charge is 2.23. The summed E-state index contributed by atoms with van der Waals surface area (Å²) in [6.45, 7) is 16.7. The van der Waals surface area contributed by atoms with Crippen molar-refractivity contribution in [2.45, 2.75) is 78.1 Å². The molecule has 2 heterocycles. The first-order valence-electron chi connectivity index (χ1n) is 11.2. The number of likely N-dealkylation sites (tertiary alicyclic amines) is 1. The minimum atomic E-state index is -0.115. The summed E-state index contributed by atoms with van der Waals surface area (Å²) < 4.78 is 0. The number of carbonyl (C=O) groups excluding carboxylic acids is 1. The highest BCUT2D eigenvalue weighted by molar-refractivity contribution is 7.15. The maximum Gasteiger partial charge on any atom is 0.257 e. The molecule has 1 aliphatic rings. The van der Waals surface area contributed by atoms with E-state index in [2.05, 4.69) is 63.1 Å². The highest BCUT2D eigenvalue weighted by Crippen LogP contribution is 2.30. The molecule has 30 heavy (non-hydrogen) atoms. The lowest BCUT2D eigenvalue weighted by Gasteiger charge is -2.26. The number of aromatic nitrogens is 2. The van der Waals surface area contributed by atoms with Gasteiger partial charge in [0.05, 0.1) is 26.1 Å². The zero-order valence-electron chi connectivity index (χ0n) is 19.4. The van der Waals surface area contributed by atoms with Gasteiger partial charge in [0.2, 0.25) is 5.13 Å². The Morgan fingerprint density at radius 2 is 1.57 bits per heavy atom. The Balaban J connectivity index is 1.70. The largest absolute Gasteiger partial charge is 0.335 e. The standard InChI is InChI=1S/C24H36N4OS/c1-23(2,3)18-14-17(15-19(16-18)24(4,5)6)21(29)25-22-27-26-20(30-22)10-13-28-11-8-7-9-12-28/h14-16H,7-13H2,1-6H3,(H,25,27,29)/p+1. The van der Waals surface area contributed by atoms with Crippen molar-refractivity contribution in [3.8, 4) is 0 Å². The van der Waals surface area contributed by atoms with Crippen LogP contribution in [-0.4, -0.2) is 35.7 Å². The van der Waals surface area contributed by atoms with Crippen LogP contribution in [0.3, 0.4) is 0 Å². The van der Waals surface area contributed by atoms with Gasteiger partial charge in [0.1, 0.15) is 5.01 Å². The molecule has 0 spiro atoms. The number of anilines is 1. The van der Waals surface area contributed by atoms with E-state index in [1.165, 1.54) is 54.8 Å². The fourth-order valence-corrected chi connectivity index (χ4v) is 4.52. The number of rotatable bonds is 5. The summed E-state index contributed by atoms with van der Waals surface area (Å²) in [5.74, 6) is -0.115. The summed E-state index contributed by atoms with van der Waals surface area (Å²) in [6.07, 6.45) is 4.95. The highest BCUT2D eigenvalue weighted by atomic mass is 32.1. The van der Waals surface area contributed by atoms with E-state index >= 15 is 0 Å². The molecule has 1 amide bonds. The molecule has 0 saturated carbocycles. The number of hydrogen-bond acceptors (Lipinski definition) is 4. The molecule has 5 nitrogen and oxygen atoms in total. The average Bonchev–Trinajstić information content (AvgIpc) is 3.13. The Labute approximate surface area is 185 Å². The van der Waals surface area contributed by atoms with Crippen LogP contribution >= 0.6 is 11.3 Å². The molecule has 0 aliphatic carbocycles. The Kier molecular flexibility index (Phi) is 6.98. The first-order chi connectivity index (χ1) is 14.0. The zero-order chi connectivity index (χ0) is 21.9. The molecule has 1 aliphatic heterocycles. The number of benzene rings is 1. The molecule has 164 valence electrons. The van der Waals surface area contributed by atoms with Crippen molar-refractivity contribution in [1.82, 2.24) is 10.2 Å². The summed E-state index contributed by atoms with van der Waals surface area (Å²) in [6, 6.07) is 6.24. The van der Waals surface area contributed by atoms with Gasteiger partial charge in [-0.15, -0.1) is 10.2 Å². The molecule has 3 rings (SSSR count). The number of piperidine rings is 1. The van der Waals surface area contributed by atoms with Gasteiger partial charge in [-0.1, -0.05) is 58.9 Å². The minimum absolute atomic E-state index is 0.0248. The number of hydrogen-bond donors (Lipinski definition) is 2. The molecule has 1 aromatic carbocycles. The molecule has 1 fully saturated rings. The molecule has 1 saturated heterocycles. The number of quaternary nitrogens is 1. The van der Waals surface area contributed by atoms with Crippen molar-refractivity contribution in [2.24, 2.45) is 0 Å². The SMILES string of the molecule is CC(C)(C)c1cc(C(=O)Nc2nnc(CC[NH+]3CCCCC3)s2)cc(C(C)(C)C)c1. The second-order valence-corrected chi connectivity index (χ2v) is 11.6. The molecule has 2 aromatic rings. The van der Waals surface area contributed by atoms with Crippen LogP contribution < -0.4 is 10.2 Å². The van der Waals surface area contributed by atoms with Crippen LogP contribution in [0.5, 0.6) is 0 Å². The minimum Gasteiger partial charge on any atom is -0.335 e. The predicted molar refractivity (Wildman–Crippen MR) is 125 cm³/mol.